The Morgan fingerprint density at radius 3 is 2.83 bits per heavy atom. The number of fused-ring (bicyclic) bond motifs is 1. The third-order valence-electron chi connectivity index (χ3n) is 4.19. The van der Waals surface area contributed by atoms with Crippen LogP contribution in [0, 0.1) is 6.92 Å². The van der Waals surface area contributed by atoms with Gasteiger partial charge in [-0.3, -0.25) is 4.79 Å². The monoisotopic (exact) mass is 323 g/mol. The largest absolute Gasteiger partial charge is 0.504 e. The summed E-state index contributed by atoms with van der Waals surface area (Å²) in [6.45, 7) is 5.15. The molecule has 0 bridgehead atoms. The zero-order valence-electron chi connectivity index (χ0n) is 14.0. The van der Waals surface area contributed by atoms with Crippen LogP contribution in [0.4, 0.5) is 0 Å². The highest BCUT2D eigenvalue weighted by Crippen LogP contribution is 2.38. The fraction of sp³-hybridized carbons (Fsp3) is 0.250. The van der Waals surface area contributed by atoms with Crippen molar-refractivity contribution in [1.82, 2.24) is 4.90 Å². The summed E-state index contributed by atoms with van der Waals surface area (Å²) in [4.78, 5) is 13.9. The maximum Gasteiger partial charge on any atom is 0.246 e. The topological polar surface area (TPSA) is 49.8 Å². The van der Waals surface area contributed by atoms with Gasteiger partial charge in [0.05, 0.1) is 6.54 Å². The molecule has 3 rings (SSSR count). The van der Waals surface area contributed by atoms with Crippen molar-refractivity contribution in [1.29, 1.82) is 0 Å². The summed E-state index contributed by atoms with van der Waals surface area (Å²) >= 11 is 0. The first-order valence-electron chi connectivity index (χ1n) is 8.06. The first kappa shape index (κ1) is 16.1. The lowest BCUT2D eigenvalue weighted by atomic mass is 9.98. The molecule has 0 fully saturated rings. The molecule has 4 heteroatoms. The summed E-state index contributed by atoms with van der Waals surface area (Å²) in [5.74, 6) is 0.545. The summed E-state index contributed by atoms with van der Waals surface area (Å²) in [6.07, 6.45) is 3.28. The van der Waals surface area contributed by atoms with Crippen molar-refractivity contribution in [3.05, 3.63) is 59.7 Å². The minimum atomic E-state index is -0.0465. The predicted octanol–water partition coefficient (Wildman–Crippen LogP) is 3.66. The van der Waals surface area contributed by atoms with E-state index in [4.69, 9.17) is 4.74 Å². The maximum atomic E-state index is 12.2. The number of nitrogens with zero attached hydrogens (tertiary/aromatic N) is 1. The molecule has 124 valence electrons. The van der Waals surface area contributed by atoms with Crippen LogP contribution < -0.4 is 4.74 Å². The minimum Gasteiger partial charge on any atom is -0.504 e. The first-order chi connectivity index (χ1) is 11.6. The average molecular weight is 323 g/mol. The number of benzene rings is 2. The Morgan fingerprint density at radius 1 is 1.29 bits per heavy atom. The number of phenols is 1. The van der Waals surface area contributed by atoms with E-state index in [9.17, 15) is 9.90 Å². The van der Waals surface area contributed by atoms with E-state index in [1.807, 2.05) is 44.2 Å². The van der Waals surface area contributed by atoms with Crippen molar-refractivity contribution in [2.45, 2.75) is 20.4 Å². The number of hydrogen-bond donors (Lipinski definition) is 1. The maximum absolute atomic E-state index is 12.2. The van der Waals surface area contributed by atoms with Crippen LogP contribution in [0.3, 0.4) is 0 Å². The van der Waals surface area contributed by atoms with Crippen molar-refractivity contribution in [3.8, 4) is 22.6 Å². The molecule has 4 nitrogen and oxygen atoms in total. The van der Waals surface area contributed by atoms with Gasteiger partial charge in [-0.05, 0) is 48.7 Å². The average Bonchev–Trinajstić information content (AvgIpc) is 2.78. The van der Waals surface area contributed by atoms with Gasteiger partial charge in [0.25, 0.3) is 0 Å². The van der Waals surface area contributed by atoms with Crippen LogP contribution in [0.2, 0.25) is 0 Å². The third kappa shape index (κ3) is 3.13. The number of carbonyl (C=O) groups is 1. The van der Waals surface area contributed by atoms with Gasteiger partial charge in [0, 0.05) is 12.1 Å². The molecule has 0 saturated heterocycles. The lowest BCUT2D eigenvalue weighted by molar-refractivity contribution is -0.126. The second-order valence-electron chi connectivity index (χ2n) is 5.91. The molecular weight excluding hydrogens is 302 g/mol. The molecule has 1 aliphatic rings. The van der Waals surface area contributed by atoms with Crippen molar-refractivity contribution < 1.29 is 14.6 Å². The van der Waals surface area contributed by atoms with Gasteiger partial charge in [0.2, 0.25) is 5.91 Å². The molecule has 0 unspecified atom stereocenters. The number of amides is 1. The second kappa shape index (κ2) is 6.79. The van der Waals surface area contributed by atoms with Gasteiger partial charge in [-0.25, -0.2) is 0 Å². The fourth-order valence-electron chi connectivity index (χ4n) is 2.99. The van der Waals surface area contributed by atoms with E-state index < -0.39 is 0 Å². The van der Waals surface area contributed by atoms with E-state index in [-0.39, 0.29) is 11.7 Å². The van der Waals surface area contributed by atoms with Crippen LogP contribution in [-0.4, -0.2) is 29.1 Å². The van der Waals surface area contributed by atoms with Gasteiger partial charge < -0.3 is 14.7 Å². The smallest absolute Gasteiger partial charge is 0.246 e. The Labute approximate surface area is 142 Å². The first-order valence-corrected chi connectivity index (χ1v) is 8.06. The van der Waals surface area contributed by atoms with Crippen LogP contribution in [-0.2, 0) is 11.3 Å². The highest BCUT2D eigenvalue weighted by atomic mass is 16.5. The molecular formula is C20H21NO3. The predicted molar refractivity (Wildman–Crippen MR) is 94.0 cm³/mol. The third-order valence-corrected chi connectivity index (χ3v) is 4.19. The quantitative estimate of drug-likeness (QED) is 0.858. The second-order valence-corrected chi connectivity index (χ2v) is 5.91. The van der Waals surface area contributed by atoms with E-state index in [0.717, 1.165) is 22.3 Å². The Bertz CT molecular complexity index is 795. The van der Waals surface area contributed by atoms with Gasteiger partial charge >= 0.3 is 0 Å². The standard InChI is InChI=1S/C20H21NO3/c1-3-6-19(23)21-9-10-24-20-16(13-21)11-15(12-18(20)22)17-8-5-4-7-14(17)2/h3-8,11-12,22H,9-10,13H2,1-2H3/b6-3+. The Balaban J connectivity index is 2.03. The Hall–Kier alpha value is -2.75. The fourth-order valence-corrected chi connectivity index (χ4v) is 2.99. The summed E-state index contributed by atoms with van der Waals surface area (Å²) in [5.41, 5.74) is 3.94. The summed E-state index contributed by atoms with van der Waals surface area (Å²) < 4.78 is 5.69. The number of hydrogen-bond acceptors (Lipinski definition) is 3. The lowest BCUT2D eigenvalue weighted by Crippen LogP contribution is -2.30. The SMILES string of the molecule is C/C=C/C(=O)N1CCOc2c(O)cc(-c3ccccc3C)cc2C1. The van der Waals surface area contributed by atoms with Crippen LogP contribution in [0.15, 0.2) is 48.6 Å². The molecule has 0 aliphatic carbocycles. The molecule has 2 aromatic rings. The number of allylic oxidation sites excluding steroid dienone is 1. The van der Waals surface area contributed by atoms with Crippen LogP contribution in [0.25, 0.3) is 11.1 Å². The molecule has 2 aromatic carbocycles. The highest BCUT2D eigenvalue weighted by molar-refractivity contribution is 5.87. The zero-order chi connectivity index (χ0) is 17.1. The normalized spacial score (nSPS) is 14.2. The van der Waals surface area contributed by atoms with Gasteiger partial charge in [-0.1, -0.05) is 30.3 Å². The van der Waals surface area contributed by atoms with Gasteiger partial charge in [-0.15, -0.1) is 0 Å². The van der Waals surface area contributed by atoms with Crippen LogP contribution >= 0.6 is 0 Å². The van der Waals surface area contributed by atoms with E-state index in [2.05, 4.69) is 0 Å². The molecule has 0 saturated carbocycles. The molecule has 1 heterocycles. The molecule has 0 spiro atoms. The molecule has 1 amide bonds. The Morgan fingerprint density at radius 2 is 2.08 bits per heavy atom. The van der Waals surface area contributed by atoms with Crippen molar-refractivity contribution in [2.24, 2.45) is 0 Å². The number of phenolic OH excluding ortho intramolecular Hbond substituents is 1. The number of aromatic hydroxyl groups is 1. The number of ether oxygens (including phenoxy) is 1. The van der Waals surface area contributed by atoms with E-state index >= 15 is 0 Å². The summed E-state index contributed by atoms with van der Waals surface area (Å²) in [6, 6.07) is 11.8. The van der Waals surface area contributed by atoms with E-state index in [1.54, 1.807) is 23.1 Å². The Kier molecular flexibility index (Phi) is 4.56. The molecule has 1 N–H and O–H groups in total. The summed E-state index contributed by atoms with van der Waals surface area (Å²) in [7, 11) is 0. The van der Waals surface area contributed by atoms with Gasteiger partial charge in [-0.2, -0.15) is 0 Å². The van der Waals surface area contributed by atoms with Crippen LogP contribution in [0.1, 0.15) is 18.1 Å². The van der Waals surface area contributed by atoms with E-state index in [1.165, 1.54) is 0 Å². The van der Waals surface area contributed by atoms with Gasteiger partial charge in [0.1, 0.15) is 6.61 Å². The van der Waals surface area contributed by atoms with Gasteiger partial charge in [0.15, 0.2) is 11.5 Å². The highest BCUT2D eigenvalue weighted by Gasteiger charge is 2.22. The molecule has 0 radical (unpaired) electrons. The number of carbonyl (C=O) groups excluding carboxylic acids is 1. The van der Waals surface area contributed by atoms with Crippen LogP contribution in [0.5, 0.6) is 11.5 Å². The number of aryl methyl sites for hydroxylation is 1. The van der Waals surface area contributed by atoms with Crippen molar-refractivity contribution >= 4 is 5.91 Å². The van der Waals surface area contributed by atoms with Crippen molar-refractivity contribution in [3.63, 3.8) is 0 Å². The number of rotatable bonds is 2. The van der Waals surface area contributed by atoms with E-state index in [0.29, 0.717) is 25.4 Å². The minimum absolute atomic E-state index is 0.0465. The molecule has 0 atom stereocenters. The molecule has 1 aliphatic heterocycles. The summed E-state index contributed by atoms with van der Waals surface area (Å²) in [5, 5.41) is 10.4. The zero-order valence-corrected chi connectivity index (χ0v) is 14.0. The lowest BCUT2D eigenvalue weighted by Gasteiger charge is -2.18. The molecule has 24 heavy (non-hydrogen) atoms. The molecule has 0 aromatic heterocycles. The van der Waals surface area contributed by atoms with Crippen molar-refractivity contribution in [2.75, 3.05) is 13.2 Å².